The fraction of sp³-hybridized carbons (Fsp3) is 0.381. The number of nitrogens with zero attached hydrogens (tertiary/aromatic N) is 1. The first kappa shape index (κ1) is 17.0. The van der Waals surface area contributed by atoms with Crippen LogP contribution in [0, 0.1) is 11.6 Å². The third-order valence-corrected chi connectivity index (χ3v) is 5.56. The van der Waals surface area contributed by atoms with Crippen LogP contribution in [0.1, 0.15) is 36.8 Å². The second kappa shape index (κ2) is 6.71. The first-order chi connectivity index (χ1) is 12.6. The van der Waals surface area contributed by atoms with E-state index in [2.05, 4.69) is 4.99 Å². The second-order valence-electron chi connectivity index (χ2n) is 6.95. The Hall–Kier alpha value is -2.43. The molecule has 1 saturated carbocycles. The molecular weight excluding hydrogens is 336 g/mol. The third kappa shape index (κ3) is 2.75. The Bertz CT molecular complexity index is 814. The SMILES string of the molecule is COc1ccc(C23CCCCC2OC(c2c(F)cccc2F)=NC3)cc1. The predicted molar refractivity (Wildman–Crippen MR) is 95.8 cm³/mol. The van der Waals surface area contributed by atoms with E-state index in [4.69, 9.17) is 9.47 Å². The van der Waals surface area contributed by atoms with Crippen molar-refractivity contribution in [3.05, 3.63) is 65.2 Å². The number of hydrogen-bond acceptors (Lipinski definition) is 3. The van der Waals surface area contributed by atoms with Crippen LogP contribution in [-0.4, -0.2) is 25.7 Å². The lowest BCUT2D eigenvalue weighted by Crippen LogP contribution is -2.50. The van der Waals surface area contributed by atoms with Gasteiger partial charge in [-0.05, 0) is 49.1 Å². The van der Waals surface area contributed by atoms with Crippen LogP contribution in [0.2, 0.25) is 0 Å². The summed E-state index contributed by atoms with van der Waals surface area (Å²) < 4.78 is 39.6. The normalized spacial score (nSPS) is 25.0. The molecule has 2 aliphatic rings. The van der Waals surface area contributed by atoms with Gasteiger partial charge in [0.15, 0.2) is 0 Å². The monoisotopic (exact) mass is 357 g/mol. The summed E-state index contributed by atoms with van der Waals surface area (Å²) in [6.07, 6.45) is 3.78. The van der Waals surface area contributed by atoms with Crippen LogP contribution in [0.3, 0.4) is 0 Å². The number of ether oxygens (including phenoxy) is 2. The summed E-state index contributed by atoms with van der Waals surface area (Å²) in [6, 6.07) is 11.8. The van der Waals surface area contributed by atoms with Gasteiger partial charge in [-0.3, -0.25) is 0 Å². The van der Waals surface area contributed by atoms with E-state index in [1.165, 1.54) is 18.2 Å². The minimum atomic E-state index is -0.642. The van der Waals surface area contributed by atoms with Gasteiger partial charge in [0.25, 0.3) is 0 Å². The number of hydrogen-bond donors (Lipinski definition) is 0. The van der Waals surface area contributed by atoms with E-state index in [1.807, 2.05) is 24.3 Å². The zero-order chi connectivity index (χ0) is 18.1. The van der Waals surface area contributed by atoms with Crippen molar-refractivity contribution in [3.8, 4) is 5.75 Å². The maximum Gasteiger partial charge on any atom is 0.222 e. The molecule has 1 aliphatic heterocycles. The summed E-state index contributed by atoms with van der Waals surface area (Å²) in [7, 11) is 1.64. The van der Waals surface area contributed by atoms with E-state index in [0.717, 1.165) is 37.0 Å². The summed E-state index contributed by atoms with van der Waals surface area (Å²) in [5.41, 5.74) is 0.719. The zero-order valence-corrected chi connectivity index (χ0v) is 14.7. The summed E-state index contributed by atoms with van der Waals surface area (Å²) in [4.78, 5) is 4.48. The maximum atomic E-state index is 14.1. The molecule has 0 saturated heterocycles. The molecule has 0 N–H and O–H groups in total. The fourth-order valence-corrected chi connectivity index (χ4v) is 4.13. The van der Waals surface area contributed by atoms with Crippen LogP contribution < -0.4 is 4.74 Å². The highest BCUT2D eigenvalue weighted by Crippen LogP contribution is 2.44. The van der Waals surface area contributed by atoms with Gasteiger partial charge in [0.1, 0.15) is 29.1 Å². The van der Waals surface area contributed by atoms with E-state index in [1.54, 1.807) is 7.11 Å². The van der Waals surface area contributed by atoms with E-state index < -0.39 is 11.6 Å². The molecule has 0 radical (unpaired) electrons. The molecule has 0 bridgehead atoms. The molecule has 2 atom stereocenters. The molecule has 2 aromatic carbocycles. The Labute approximate surface area is 151 Å². The summed E-state index contributed by atoms with van der Waals surface area (Å²) >= 11 is 0. The molecule has 3 nitrogen and oxygen atoms in total. The number of rotatable bonds is 3. The number of aliphatic imine (C=N–C) groups is 1. The van der Waals surface area contributed by atoms with Gasteiger partial charge in [0, 0.05) is 0 Å². The molecule has 0 spiro atoms. The van der Waals surface area contributed by atoms with Gasteiger partial charge in [0.2, 0.25) is 5.90 Å². The second-order valence-corrected chi connectivity index (χ2v) is 6.95. The number of benzene rings is 2. The Kier molecular flexibility index (Phi) is 4.39. The van der Waals surface area contributed by atoms with Gasteiger partial charge < -0.3 is 9.47 Å². The Morgan fingerprint density at radius 1 is 1.08 bits per heavy atom. The minimum Gasteiger partial charge on any atom is -0.497 e. The lowest BCUT2D eigenvalue weighted by molar-refractivity contribution is 0.0439. The first-order valence-corrected chi connectivity index (χ1v) is 8.94. The Balaban J connectivity index is 1.73. The largest absolute Gasteiger partial charge is 0.497 e. The van der Waals surface area contributed by atoms with Gasteiger partial charge in [-0.15, -0.1) is 0 Å². The van der Waals surface area contributed by atoms with Crippen LogP contribution in [0.4, 0.5) is 8.78 Å². The van der Waals surface area contributed by atoms with E-state index in [-0.39, 0.29) is 23.0 Å². The summed E-state index contributed by atoms with van der Waals surface area (Å²) in [6.45, 7) is 0.465. The Morgan fingerprint density at radius 3 is 2.50 bits per heavy atom. The van der Waals surface area contributed by atoms with Crippen LogP contribution in [0.15, 0.2) is 47.5 Å². The number of halogens is 2. The molecule has 2 aromatic rings. The van der Waals surface area contributed by atoms with Crippen molar-refractivity contribution in [1.29, 1.82) is 0 Å². The van der Waals surface area contributed by atoms with Gasteiger partial charge in [-0.2, -0.15) is 0 Å². The molecule has 4 rings (SSSR count). The molecule has 0 aromatic heterocycles. The third-order valence-electron chi connectivity index (χ3n) is 5.56. The van der Waals surface area contributed by atoms with Crippen molar-refractivity contribution in [2.75, 3.05) is 13.7 Å². The first-order valence-electron chi connectivity index (χ1n) is 8.94. The average molecular weight is 357 g/mol. The zero-order valence-electron chi connectivity index (χ0n) is 14.7. The molecular formula is C21H21F2NO2. The summed E-state index contributed by atoms with van der Waals surface area (Å²) in [5.74, 6) is -0.406. The van der Waals surface area contributed by atoms with Crippen LogP contribution in [-0.2, 0) is 10.2 Å². The topological polar surface area (TPSA) is 30.8 Å². The predicted octanol–water partition coefficient (Wildman–Crippen LogP) is 4.63. The highest BCUT2D eigenvalue weighted by Gasteiger charge is 2.47. The smallest absolute Gasteiger partial charge is 0.222 e. The van der Waals surface area contributed by atoms with Crippen molar-refractivity contribution in [3.63, 3.8) is 0 Å². The molecule has 26 heavy (non-hydrogen) atoms. The van der Waals surface area contributed by atoms with Crippen molar-refractivity contribution < 1.29 is 18.3 Å². The molecule has 1 heterocycles. The average Bonchev–Trinajstić information content (AvgIpc) is 2.68. The number of fused-ring (bicyclic) bond motifs is 1. The molecule has 1 fully saturated rings. The summed E-state index contributed by atoms with van der Waals surface area (Å²) in [5, 5.41) is 0. The van der Waals surface area contributed by atoms with Gasteiger partial charge in [-0.1, -0.05) is 24.6 Å². The van der Waals surface area contributed by atoms with Crippen molar-refractivity contribution >= 4 is 5.90 Å². The molecule has 1 aliphatic carbocycles. The highest BCUT2D eigenvalue weighted by molar-refractivity contribution is 5.95. The minimum absolute atomic E-state index is 0.0802. The van der Waals surface area contributed by atoms with Gasteiger partial charge in [-0.25, -0.2) is 13.8 Å². The molecule has 2 unspecified atom stereocenters. The maximum absolute atomic E-state index is 14.1. The Morgan fingerprint density at radius 2 is 1.81 bits per heavy atom. The van der Waals surface area contributed by atoms with Crippen LogP contribution >= 0.6 is 0 Å². The van der Waals surface area contributed by atoms with Crippen molar-refractivity contribution in [2.24, 2.45) is 4.99 Å². The van der Waals surface area contributed by atoms with Gasteiger partial charge >= 0.3 is 0 Å². The van der Waals surface area contributed by atoms with E-state index >= 15 is 0 Å². The highest BCUT2D eigenvalue weighted by atomic mass is 19.1. The van der Waals surface area contributed by atoms with Crippen molar-refractivity contribution in [1.82, 2.24) is 0 Å². The van der Waals surface area contributed by atoms with Crippen molar-refractivity contribution in [2.45, 2.75) is 37.2 Å². The van der Waals surface area contributed by atoms with Gasteiger partial charge in [0.05, 0.1) is 19.1 Å². The standard InChI is InChI=1S/C21H21F2NO2/c1-25-15-10-8-14(9-11-15)21-12-3-2-7-18(21)26-20(24-13-21)19-16(22)5-4-6-17(19)23/h4-6,8-11,18H,2-3,7,12-13H2,1H3. The quantitative estimate of drug-likeness (QED) is 0.802. The lowest BCUT2D eigenvalue weighted by atomic mass is 9.67. The fourth-order valence-electron chi connectivity index (χ4n) is 4.13. The van der Waals surface area contributed by atoms with Crippen LogP contribution in [0.5, 0.6) is 5.75 Å². The lowest BCUT2D eigenvalue weighted by Gasteiger charge is -2.46. The molecule has 136 valence electrons. The molecule has 0 amide bonds. The van der Waals surface area contributed by atoms with Crippen LogP contribution in [0.25, 0.3) is 0 Å². The molecule has 5 heteroatoms. The number of methoxy groups -OCH3 is 1. The van der Waals surface area contributed by atoms with E-state index in [9.17, 15) is 8.78 Å². The van der Waals surface area contributed by atoms with E-state index in [0.29, 0.717) is 6.54 Å².